The maximum Gasteiger partial charge on any atom is 0.255 e. The summed E-state index contributed by atoms with van der Waals surface area (Å²) in [6.07, 6.45) is 0.708. The lowest BCUT2D eigenvalue weighted by atomic mass is 10.1. The monoisotopic (exact) mass is 451 g/mol. The van der Waals surface area contributed by atoms with Crippen molar-refractivity contribution in [3.05, 3.63) is 78.6 Å². The number of hydrogen-bond acceptors (Lipinski definition) is 6. The zero-order valence-corrected chi connectivity index (χ0v) is 18.1. The normalized spacial score (nSPS) is 10.5. The van der Waals surface area contributed by atoms with Crippen LogP contribution in [0.25, 0.3) is 22.3 Å². The third-order valence-corrected chi connectivity index (χ3v) is 4.36. The number of para-hydroxylation sites is 2. The van der Waals surface area contributed by atoms with E-state index in [1.54, 1.807) is 56.9 Å². The van der Waals surface area contributed by atoms with Crippen molar-refractivity contribution in [2.45, 2.75) is 6.43 Å². The largest absolute Gasteiger partial charge is 0.388 e. The lowest BCUT2D eigenvalue weighted by Crippen LogP contribution is -2.29. The van der Waals surface area contributed by atoms with Gasteiger partial charge in [0.15, 0.2) is 5.82 Å². The van der Waals surface area contributed by atoms with Gasteiger partial charge in [0, 0.05) is 37.6 Å². The fraction of sp³-hybridized carbons (Fsp3) is 0.167. The van der Waals surface area contributed by atoms with E-state index in [1.165, 1.54) is 0 Å². The number of pyridine rings is 1. The molecule has 0 atom stereocenters. The molecule has 2 N–H and O–H groups in total. The molecule has 0 aliphatic rings. The van der Waals surface area contributed by atoms with Gasteiger partial charge in [-0.05, 0) is 36.4 Å². The highest BCUT2D eigenvalue weighted by Gasteiger charge is 2.15. The van der Waals surface area contributed by atoms with Gasteiger partial charge in [-0.1, -0.05) is 24.3 Å². The second-order valence-electron chi connectivity index (χ2n) is 6.83. The van der Waals surface area contributed by atoms with Crippen molar-refractivity contribution in [2.75, 3.05) is 26.1 Å². The molecule has 7 nitrogen and oxygen atoms in total. The lowest BCUT2D eigenvalue weighted by Gasteiger charge is -2.14. The molecular formula is C24H23F2N5O2. The number of rotatable bonds is 6. The molecule has 0 aliphatic carbocycles. The Kier molecular flexibility index (Phi) is 8.31. The molecule has 2 aromatic heterocycles. The molecule has 0 unspecified atom stereocenters. The van der Waals surface area contributed by atoms with Crippen LogP contribution < -0.4 is 10.6 Å². The number of ether oxygens (including phenoxy) is 1. The van der Waals surface area contributed by atoms with Crippen LogP contribution in [-0.2, 0) is 4.74 Å². The van der Waals surface area contributed by atoms with Gasteiger partial charge in [-0.2, -0.15) is 0 Å². The Labute approximate surface area is 189 Å². The van der Waals surface area contributed by atoms with Crippen LogP contribution in [0.4, 0.5) is 20.3 Å². The molecule has 0 bridgehead atoms. The number of anilines is 2. The Morgan fingerprint density at radius 2 is 1.73 bits per heavy atom. The van der Waals surface area contributed by atoms with Crippen LogP contribution in [0.2, 0.25) is 0 Å². The van der Waals surface area contributed by atoms with Gasteiger partial charge in [0.05, 0.1) is 23.3 Å². The molecule has 1 amide bonds. The highest BCUT2D eigenvalue weighted by atomic mass is 19.3. The summed E-state index contributed by atoms with van der Waals surface area (Å²) < 4.78 is 29.2. The number of amides is 1. The number of alkyl halides is 2. The highest BCUT2D eigenvalue weighted by molar-refractivity contribution is 6.01. The van der Waals surface area contributed by atoms with Gasteiger partial charge in [0.2, 0.25) is 0 Å². The first-order valence-electron chi connectivity index (χ1n) is 10.0. The molecule has 2 heterocycles. The summed E-state index contributed by atoms with van der Waals surface area (Å²) in [5.74, 6) is 0.377. The average Bonchev–Trinajstić information content (AvgIpc) is 2.84. The van der Waals surface area contributed by atoms with Crippen molar-refractivity contribution in [1.29, 1.82) is 0 Å². The second-order valence-corrected chi connectivity index (χ2v) is 6.83. The predicted molar refractivity (Wildman–Crippen MR) is 124 cm³/mol. The van der Waals surface area contributed by atoms with E-state index in [-0.39, 0.29) is 5.56 Å². The first-order chi connectivity index (χ1) is 16.0. The van der Waals surface area contributed by atoms with E-state index < -0.39 is 18.9 Å². The lowest BCUT2D eigenvalue weighted by molar-refractivity contribution is 0.0892. The fourth-order valence-electron chi connectivity index (χ4n) is 2.98. The zero-order chi connectivity index (χ0) is 23.6. The van der Waals surface area contributed by atoms with E-state index in [2.05, 4.69) is 30.3 Å². The Bertz CT molecular complexity index is 1210. The number of halogens is 2. The van der Waals surface area contributed by atoms with Crippen molar-refractivity contribution in [1.82, 2.24) is 20.3 Å². The number of nitrogens with one attached hydrogen (secondary N) is 2. The van der Waals surface area contributed by atoms with Crippen LogP contribution in [0, 0.1) is 0 Å². The van der Waals surface area contributed by atoms with E-state index in [4.69, 9.17) is 0 Å². The Balaban J connectivity index is 0.000000968. The van der Waals surface area contributed by atoms with Crippen LogP contribution in [-0.4, -0.2) is 48.0 Å². The smallest absolute Gasteiger partial charge is 0.255 e. The molecule has 2 aromatic carbocycles. The van der Waals surface area contributed by atoms with Crippen molar-refractivity contribution < 1.29 is 18.3 Å². The molecule has 4 rings (SSSR count). The maximum atomic E-state index is 12.5. The van der Waals surface area contributed by atoms with E-state index in [1.807, 2.05) is 30.3 Å². The first-order valence-corrected chi connectivity index (χ1v) is 10.0. The molecule has 0 aliphatic heterocycles. The van der Waals surface area contributed by atoms with Gasteiger partial charge in [0.25, 0.3) is 12.3 Å². The number of carbonyl (C=O) groups is 1. The number of carbonyl (C=O) groups excluding carboxylic acids is 1. The number of hydrogen-bond donors (Lipinski definition) is 2. The van der Waals surface area contributed by atoms with Crippen molar-refractivity contribution >= 4 is 28.3 Å². The standard InChI is InChI=1S/C22H17F2N5O.C2H6O/c23-19(24)13-26-22(30)16-8-2-4-10-18(16)28-21-15-7-1-3-9-17(15)27-20(29-21)14-6-5-11-25-12-14;1-3-2/h1-12,19H,13H2,(H,26,30)(H,27,28,29);1-2H3. The number of fused-ring (bicyclic) bond motifs is 1. The number of nitrogens with zero attached hydrogens (tertiary/aromatic N) is 3. The molecule has 0 spiro atoms. The molecular weight excluding hydrogens is 428 g/mol. The van der Waals surface area contributed by atoms with E-state index >= 15 is 0 Å². The summed E-state index contributed by atoms with van der Waals surface area (Å²) in [6, 6.07) is 17.8. The maximum absolute atomic E-state index is 12.5. The van der Waals surface area contributed by atoms with E-state index in [0.717, 1.165) is 10.9 Å². The molecule has 0 radical (unpaired) electrons. The topological polar surface area (TPSA) is 89.0 Å². The SMILES string of the molecule is COC.O=C(NCC(F)F)c1ccccc1Nc1nc(-c2cccnc2)nc2ccccc12. The quantitative estimate of drug-likeness (QED) is 0.442. The van der Waals surface area contributed by atoms with Gasteiger partial charge in [-0.15, -0.1) is 0 Å². The minimum Gasteiger partial charge on any atom is -0.388 e. The number of methoxy groups -OCH3 is 1. The first kappa shape index (κ1) is 23.7. The minimum absolute atomic E-state index is 0.240. The number of aromatic nitrogens is 3. The summed E-state index contributed by atoms with van der Waals surface area (Å²) in [4.78, 5) is 25.7. The summed E-state index contributed by atoms with van der Waals surface area (Å²) in [6.45, 7) is -0.714. The van der Waals surface area contributed by atoms with E-state index in [0.29, 0.717) is 22.8 Å². The average molecular weight is 451 g/mol. The van der Waals surface area contributed by atoms with Crippen LogP contribution >= 0.6 is 0 Å². The molecule has 0 saturated heterocycles. The van der Waals surface area contributed by atoms with Gasteiger partial charge in [0.1, 0.15) is 5.82 Å². The molecule has 4 aromatic rings. The van der Waals surface area contributed by atoms with Crippen molar-refractivity contribution in [3.63, 3.8) is 0 Å². The van der Waals surface area contributed by atoms with Crippen molar-refractivity contribution in [3.8, 4) is 11.4 Å². The molecule has 0 fully saturated rings. The highest BCUT2D eigenvalue weighted by Crippen LogP contribution is 2.28. The summed E-state index contributed by atoms with van der Waals surface area (Å²) in [7, 11) is 3.25. The summed E-state index contributed by atoms with van der Waals surface area (Å²) >= 11 is 0. The molecule has 33 heavy (non-hydrogen) atoms. The Morgan fingerprint density at radius 3 is 2.45 bits per heavy atom. The van der Waals surface area contributed by atoms with E-state index in [9.17, 15) is 13.6 Å². The van der Waals surface area contributed by atoms with Gasteiger partial charge in [-0.25, -0.2) is 18.7 Å². The van der Waals surface area contributed by atoms with Gasteiger partial charge in [-0.3, -0.25) is 9.78 Å². The van der Waals surface area contributed by atoms with Crippen LogP contribution in [0.1, 0.15) is 10.4 Å². The Morgan fingerprint density at radius 1 is 1.00 bits per heavy atom. The minimum atomic E-state index is -2.62. The Hall–Kier alpha value is -3.98. The van der Waals surface area contributed by atoms with Crippen molar-refractivity contribution in [2.24, 2.45) is 0 Å². The van der Waals surface area contributed by atoms with Gasteiger partial charge >= 0.3 is 0 Å². The predicted octanol–water partition coefficient (Wildman–Crippen LogP) is 4.69. The summed E-state index contributed by atoms with van der Waals surface area (Å²) in [5, 5.41) is 6.16. The number of benzene rings is 2. The molecule has 170 valence electrons. The van der Waals surface area contributed by atoms with Crippen LogP contribution in [0.15, 0.2) is 73.1 Å². The molecule has 9 heteroatoms. The fourth-order valence-corrected chi connectivity index (χ4v) is 2.98. The third kappa shape index (κ3) is 6.27. The van der Waals surface area contributed by atoms with Crippen LogP contribution in [0.5, 0.6) is 0 Å². The van der Waals surface area contributed by atoms with Crippen LogP contribution in [0.3, 0.4) is 0 Å². The third-order valence-electron chi connectivity index (χ3n) is 4.36. The molecule has 0 saturated carbocycles. The second kappa shape index (κ2) is 11.6. The summed E-state index contributed by atoms with van der Waals surface area (Å²) in [5.41, 5.74) is 2.15. The van der Waals surface area contributed by atoms with Gasteiger partial charge < -0.3 is 15.4 Å². The zero-order valence-electron chi connectivity index (χ0n) is 18.1.